The fourth-order valence-corrected chi connectivity index (χ4v) is 2.12. The van der Waals surface area contributed by atoms with E-state index in [2.05, 4.69) is 15.3 Å². The Kier molecular flexibility index (Phi) is 5.10. The Labute approximate surface area is 143 Å². The van der Waals surface area contributed by atoms with Crippen LogP contribution in [0, 0.1) is 0 Å². The number of hydrogen-bond acceptors (Lipinski definition) is 7. The van der Waals surface area contributed by atoms with Gasteiger partial charge in [0, 0.05) is 12.5 Å². The monoisotopic (exact) mass is 343 g/mol. The van der Waals surface area contributed by atoms with Crippen LogP contribution in [0.3, 0.4) is 0 Å². The quantitative estimate of drug-likeness (QED) is 0.658. The van der Waals surface area contributed by atoms with Crippen LogP contribution in [0.25, 0.3) is 11.0 Å². The van der Waals surface area contributed by atoms with Gasteiger partial charge in [0.2, 0.25) is 0 Å². The van der Waals surface area contributed by atoms with Crippen molar-refractivity contribution < 1.29 is 23.4 Å². The molecule has 0 bridgehead atoms. The van der Waals surface area contributed by atoms with Gasteiger partial charge < -0.3 is 23.9 Å². The molecule has 0 fully saturated rings. The molecule has 0 saturated carbocycles. The lowest BCUT2D eigenvalue weighted by molar-refractivity contribution is 0.0998. The van der Waals surface area contributed by atoms with E-state index in [1.54, 1.807) is 38.5 Å². The maximum Gasteiger partial charge on any atom is 0.316 e. The summed E-state index contributed by atoms with van der Waals surface area (Å²) in [6.07, 6.45) is 2.91. The summed E-state index contributed by atoms with van der Waals surface area (Å²) in [6, 6.07) is 7.18. The Morgan fingerprint density at radius 3 is 2.68 bits per heavy atom. The number of fused-ring (bicyclic) bond motifs is 1. The number of anilines is 1. The summed E-state index contributed by atoms with van der Waals surface area (Å²) in [7, 11) is 3.16. The standard InChI is InChI=1S/C17H17N3O5/c1-22-5-6-24-17-18-9-12(10-19-17)20-16(21)15-8-11-7-13(23-2)3-4-14(11)25-15/h3-4,7-10H,5-6H2,1-2H3,(H,20,21). The van der Waals surface area contributed by atoms with Gasteiger partial charge in [-0.05, 0) is 24.3 Å². The Bertz CT molecular complexity index is 860. The zero-order valence-corrected chi connectivity index (χ0v) is 13.8. The molecule has 2 aromatic heterocycles. The summed E-state index contributed by atoms with van der Waals surface area (Å²) in [4.78, 5) is 20.3. The number of hydrogen-bond donors (Lipinski definition) is 1. The minimum Gasteiger partial charge on any atom is -0.497 e. The molecule has 1 amide bonds. The molecule has 0 unspecified atom stereocenters. The van der Waals surface area contributed by atoms with E-state index in [4.69, 9.17) is 18.6 Å². The van der Waals surface area contributed by atoms with Gasteiger partial charge in [0.1, 0.15) is 17.9 Å². The molecule has 130 valence electrons. The number of nitrogens with one attached hydrogen (secondary N) is 1. The Hall–Kier alpha value is -3.13. The van der Waals surface area contributed by atoms with Crippen molar-refractivity contribution in [3.63, 3.8) is 0 Å². The molecule has 0 aliphatic heterocycles. The molecule has 3 rings (SSSR count). The first kappa shape index (κ1) is 16.7. The molecule has 0 atom stereocenters. The molecule has 0 aliphatic rings. The van der Waals surface area contributed by atoms with Gasteiger partial charge >= 0.3 is 6.01 Å². The number of carbonyl (C=O) groups is 1. The van der Waals surface area contributed by atoms with E-state index < -0.39 is 5.91 Å². The molecular formula is C17H17N3O5. The number of amides is 1. The average molecular weight is 343 g/mol. The highest BCUT2D eigenvalue weighted by Crippen LogP contribution is 2.24. The van der Waals surface area contributed by atoms with Gasteiger partial charge in [-0.15, -0.1) is 0 Å². The Balaban J connectivity index is 1.67. The molecule has 0 saturated heterocycles. The fraction of sp³-hybridized carbons (Fsp3) is 0.235. The van der Waals surface area contributed by atoms with Crippen molar-refractivity contribution in [3.8, 4) is 11.8 Å². The molecule has 1 aromatic carbocycles. The molecule has 2 heterocycles. The first-order valence-electron chi connectivity index (χ1n) is 7.52. The number of ether oxygens (including phenoxy) is 3. The number of nitrogens with zero attached hydrogens (tertiary/aromatic N) is 2. The Morgan fingerprint density at radius 1 is 1.16 bits per heavy atom. The molecule has 0 aliphatic carbocycles. The summed E-state index contributed by atoms with van der Waals surface area (Å²) in [5, 5.41) is 3.45. The van der Waals surface area contributed by atoms with Crippen LogP contribution in [-0.2, 0) is 4.74 Å². The van der Waals surface area contributed by atoms with Crippen LogP contribution >= 0.6 is 0 Å². The Morgan fingerprint density at radius 2 is 1.96 bits per heavy atom. The summed E-state index contributed by atoms with van der Waals surface area (Å²) in [6.45, 7) is 0.795. The highest BCUT2D eigenvalue weighted by atomic mass is 16.5. The smallest absolute Gasteiger partial charge is 0.316 e. The van der Waals surface area contributed by atoms with E-state index in [0.29, 0.717) is 30.2 Å². The van der Waals surface area contributed by atoms with Crippen molar-refractivity contribution in [2.45, 2.75) is 0 Å². The van der Waals surface area contributed by atoms with Crippen molar-refractivity contribution in [2.24, 2.45) is 0 Å². The molecular weight excluding hydrogens is 326 g/mol. The van der Waals surface area contributed by atoms with Gasteiger partial charge in [0.15, 0.2) is 5.76 Å². The molecule has 0 radical (unpaired) electrons. The second-order valence-corrected chi connectivity index (χ2v) is 5.06. The van der Waals surface area contributed by atoms with Crippen LogP contribution in [0.5, 0.6) is 11.8 Å². The highest BCUT2D eigenvalue weighted by molar-refractivity contribution is 6.04. The number of rotatable bonds is 7. The lowest BCUT2D eigenvalue weighted by Crippen LogP contribution is -2.12. The SMILES string of the molecule is COCCOc1ncc(NC(=O)c2cc3cc(OC)ccc3o2)cn1. The molecule has 25 heavy (non-hydrogen) atoms. The summed E-state index contributed by atoms with van der Waals surface area (Å²) >= 11 is 0. The first-order chi connectivity index (χ1) is 12.2. The number of furan rings is 1. The molecule has 1 N–H and O–H groups in total. The van der Waals surface area contributed by atoms with E-state index in [-0.39, 0.29) is 11.8 Å². The van der Waals surface area contributed by atoms with Crippen LogP contribution in [0.1, 0.15) is 10.6 Å². The first-order valence-corrected chi connectivity index (χ1v) is 7.52. The second kappa shape index (κ2) is 7.63. The van der Waals surface area contributed by atoms with E-state index in [0.717, 1.165) is 5.39 Å². The van der Waals surface area contributed by atoms with E-state index in [1.165, 1.54) is 12.4 Å². The summed E-state index contributed by atoms with van der Waals surface area (Å²) < 4.78 is 20.8. The molecule has 8 heteroatoms. The van der Waals surface area contributed by atoms with Crippen molar-refractivity contribution in [3.05, 3.63) is 42.4 Å². The zero-order valence-electron chi connectivity index (χ0n) is 13.8. The minimum absolute atomic E-state index is 0.184. The van der Waals surface area contributed by atoms with Crippen molar-refractivity contribution >= 4 is 22.6 Å². The lowest BCUT2D eigenvalue weighted by Gasteiger charge is -2.05. The van der Waals surface area contributed by atoms with Crippen molar-refractivity contribution in [1.82, 2.24) is 9.97 Å². The topological polar surface area (TPSA) is 95.7 Å². The zero-order chi connectivity index (χ0) is 17.6. The minimum atomic E-state index is -0.396. The predicted octanol–water partition coefficient (Wildman–Crippen LogP) is 2.51. The van der Waals surface area contributed by atoms with Crippen LogP contribution < -0.4 is 14.8 Å². The van der Waals surface area contributed by atoms with Gasteiger partial charge in [-0.25, -0.2) is 9.97 Å². The maximum atomic E-state index is 12.3. The summed E-state index contributed by atoms with van der Waals surface area (Å²) in [5.41, 5.74) is 1.03. The van der Waals surface area contributed by atoms with Crippen molar-refractivity contribution in [2.75, 3.05) is 32.8 Å². The van der Waals surface area contributed by atoms with E-state index in [1.807, 2.05) is 0 Å². The fourth-order valence-electron chi connectivity index (χ4n) is 2.12. The third-order valence-corrected chi connectivity index (χ3v) is 3.35. The van der Waals surface area contributed by atoms with Gasteiger partial charge in [-0.1, -0.05) is 0 Å². The maximum absolute atomic E-state index is 12.3. The van der Waals surface area contributed by atoms with Crippen LogP contribution in [0.15, 0.2) is 41.1 Å². The van der Waals surface area contributed by atoms with Gasteiger partial charge in [-0.3, -0.25) is 4.79 Å². The molecule has 0 spiro atoms. The van der Waals surface area contributed by atoms with Crippen LogP contribution in [-0.4, -0.2) is 43.3 Å². The van der Waals surface area contributed by atoms with Crippen LogP contribution in [0.2, 0.25) is 0 Å². The van der Waals surface area contributed by atoms with Gasteiger partial charge in [0.05, 0.1) is 31.8 Å². The third kappa shape index (κ3) is 4.04. The number of methoxy groups -OCH3 is 2. The van der Waals surface area contributed by atoms with E-state index >= 15 is 0 Å². The average Bonchev–Trinajstić information content (AvgIpc) is 3.06. The largest absolute Gasteiger partial charge is 0.497 e. The number of aromatic nitrogens is 2. The normalized spacial score (nSPS) is 10.6. The third-order valence-electron chi connectivity index (χ3n) is 3.35. The molecule has 3 aromatic rings. The number of carbonyl (C=O) groups excluding carboxylic acids is 1. The predicted molar refractivity (Wildman–Crippen MR) is 90.1 cm³/mol. The van der Waals surface area contributed by atoms with Gasteiger partial charge in [-0.2, -0.15) is 0 Å². The second-order valence-electron chi connectivity index (χ2n) is 5.06. The van der Waals surface area contributed by atoms with E-state index in [9.17, 15) is 4.79 Å². The van der Waals surface area contributed by atoms with Crippen molar-refractivity contribution in [1.29, 1.82) is 0 Å². The summed E-state index contributed by atoms with van der Waals surface area (Å²) in [5.74, 6) is 0.480. The highest BCUT2D eigenvalue weighted by Gasteiger charge is 2.13. The van der Waals surface area contributed by atoms with Crippen LogP contribution in [0.4, 0.5) is 5.69 Å². The lowest BCUT2D eigenvalue weighted by atomic mass is 10.2. The number of benzene rings is 1. The van der Waals surface area contributed by atoms with Gasteiger partial charge in [0.25, 0.3) is 5.91 Å². The molecule has 8 nitrogen and oxygen atoms in total.